The van der Waals surface area contributed by atoms with Gasteiger partial charge in [-0.25, -0.2) is 0 Å². The summed E-state index contributed by atoms with van der Waals surface area (Å²) in [7, 11) is 3.96. The Morgan fingerprint density at radius 1 is 1.00 bits per heavy atom. The Bertz CT molecular complexity index is 862. The number of nitrogens with zero attached hydrogens (tertiary/aromatic N) is 7. The molecule has 0 aromatic carbocycles. The van der Waals surface area contributed by atoms with E-state index in [4.69, 9.17) is 4.98 Å². The zero-order valence-corrected chi connectivity index (χ0v) is 18.3. The third-order valence-electron chi connectivity index (χ3n) is 5.94. The molecular weight excluding hydrogens is 394 g/mol. The first kappa shape index (κ1) is 21.2. The number of carbonyl (C=O) groups is 1. The average Bonchev–Trinajstić information content (AvgIpc) is 2.83. The number of carbonyl (C=O) groups excluding carboxylic acids is 1. The molecule has 2 aromatic rings. The minimum Gasteiger partial charge on any atom is -0.357 e. The second-order valence-electron chi connectivity index (χ2n) is 8.10. The molecule has 4 rings (SSSR count). The van der Waals surface area contributed by atoms with Crippen molar-refractivity contribution < 1.29 is 4.79 Å². The van der Waals surface area contributed by atoms with Crippen molar-refractivity contribution in [3.63, 3.8) is 0 Å². The van der Waals surface area contributed by atoms with Crippen LogP contribution in [-0.2, 0) is 11.3 Å². The fourth-order valence-electron chi connectivity index (χ4n) is 3.92. The topological polar surface area (TPSA) is 102 Å². The molecule has 2 aromatic heterocycles. The van der Waals surface area contributed by atoms with Gasteiger partial charge >= 0.3 is 0 Å². The molecule has 2 fully saturated rings. The maximum atomic E-state index is 12.6. The van der Waals surface area contributed by atoms with Crippen molar-refractivity contribution >= 4 is 23.8 Å². The number of hydrogen-bond acceptors (Lipinski definition) is 9. The number of anilines is 3. The van der Waals surface area contributed by atoms with Gasteiger partial charge < -0.3 is 25.3 Å². The van der Waals surface area contributed by atoms with Crippen LogP contribution in [0, 0.1) is 5.92 Å². The van der Waals surface area contributed by atoms with Crippen molar-refractivity contribution in [2.75, 3.05) is 68.5 Å². The van der Waals surface area contributed by atoms with Crippen LogP contribution >= 0.6 is 0 Å². The maximum Gasteiger partial charge on any atom is 0.232 e. The highest BCUT2D eigenvalue weighted by atomic mass is 16.1. The van der Waals surface area contributed by atoms with Gasteiger partial charge in [0, 0.05) is 58.4 Å². The summed E-state index contributed by atoms with van der Waals surface area (Å²) in [5, 5.41) is 6.07. The van der Waals surface area contributed by atoms with Crippen LogP contribution in [0.4, 0.5) is 17.8 Å². The van der Waals surface area contributed by atoms with Crippen LogP contribution in [0.1, 0.15) is 18.5 Å². The van der Waals surface area contributed by atoms with Crippen molar-refractivity contribution in [3.05, 3.63) is 30.1 Å². The standard InChI is InChI=1S/C21H31N9O/c1-22-19-25-20(27-21(26-19)30-13-11-28(2)12-14-30)29-9-6-16(7-10-29)18(31)24-15-17-5-3-4-8-23-17/h3-5,8,16H,6-7,9-15H2,1-2H3,(H,24,31)(H,22,25,26,27). The van der Waals surface area contributed by atoms with Crippen LogP contribution in [0.5, 0.6) is 0 Å². The van der Waals surface area contributed by atoms with Crippen molar-refractivity contribution in [2.24, 2.45) is 5.92 Å². The van der Waals surface area contributed by atoms with Gasteiger partial charge in [0.25, 0.3) is 0 Å². The third kappa shape index (κ3) is 5.38. The number of amides is 1. The number of rotatable bonds is 6. The lowest BCUT2D eigenvalue weighted by molar-refractivity contribution is -0.125. The summed E-state index contributed by atoms with van der Waals surface area (Å²) < 4.78 is 0. The fourth-order valence-corrected chi connectivity index (χ4v) is 3.92. The van der Waals surface area contributed by atoms with Crippen LogP contribution in [0.2, 0.25) is 0 Å². The Morgan fingerprint density at radius 3 is 2.29 bits per heavy atom. The van der Waals surface area contributed by atoms with Crippen molar-refractivity contribution in [3.8, 4) is 0 Å². The van der Waals surface area contributed by atoms with Gasteiger partial charge in [0.05, 0.1) is 12.2 Å². The summed E-state index contributed by atoms with van der Waals surface area (Å²) >= 11 is 0. The van der Waals surface area contributed by atoms with Crippen molar-refractivity contribution in [1.82, 2.24) is 30.2 Å². The van der Waals surface area contributed by atoms with Crippen LogP contribution in [0.25, 0.3) is 0 Å². The second kappa shape index (κ2) is 9.86. The Balaban J connectivity index is 1.35. The highest BCUT2D eigenvalue weighted by molar-refractivity contribution is 5.78. The van der Waals surface area contributed by atoms with Gasteiger partial charge in [0.1, 0.15) is 0 Å². The molecule has 1 amide bonds. The number of piperidine rings is 1. The number of piperazine rings is 1. The van der Waals surface area contributed by atoms with Gasteiger partial charge in [-0.2, -0.15) is 15.0 Å². The zero-order chi connectivity index (χ0) is 21.6. The summed E-state index contributed by atoms with van der Waals surface area (Å²) in [6.45, 7) is 5.76. The van der Waals surface area contributed by atoms with E-state index in [1.54, 1.807) is 6.20 Å². The number of hydrogen-bond donors (Lipinski definition) is 2. The van der Waals surface area contributed by atoms with E-state index in [9.17, 15) is 4.79 Å². The van der Waals surface area contributed by atoms with E-state index in [2.05, 4.69) is 47.3 Å². The van der Waals surface area contributed by atoms with Crippen LogP contribution in [0.15, 0.2) is 24.4 Å². The van der Waals surface area contributed by atoms with Crippen LogP contribution in [0.3, 0.4) is 0 Å². The molecule has 2 aliphatic rings. The molecule has 0 aliphatic carbocycles. The van der Waals surface area contributed by atoms with E-state index >= 15 is 0 Å². The summed E-state index contributed by atoms with van der Waals surface area (Å²) in [5.41, 5.74) is 0.870. The SMILES string of the molecule is CNc1nc(N2CCC(C(=O)NCc3ccccn3)CC2)nc(N2CCN(C)CC2)n1. The quantitative estimate of drug-likeness (QED) is 0.688. The largest absolute Gasteiger partial charge is 0.357 e. The lowest BCUT2D eigenvalue weighted by atomic mass is 9.96. The Hall–Kier alpha value is -3.01. The zero-order valence-electron chi connectivity index (χ0n) is 18.3. The molecule has 166 valence electrons. The molecule has 10 nitrogen and oxygen atoms in total. The molecule has 0 spiro atoms. The van der Waals surface area contributed by atoms with Gasteiger partial charge in [-0.1, -0.05) is 6.07 Å². The lowest BCUT2D eigenvalue weighted by Gasteiger charge is -2.34. The average molecular weight is 426 g/mol. The number of likely N-dealkylation sites (N-methyl/N-ethyl adjacent to an activating group) is 1. The molecular formula is C21H31N9O. The van der Waals surface area contributed by atoms with Gasteiger partial charge in [0.2, 0.25) is 23.8 Å². The van der Waals surface area contributed by atoms with E-state index in [-0.39, 0.29) is 11.8 Å². The number of pyridine rings is 1. The van der Waals surface area contributed by atoms with E-state index in [0.717, 1.165) is 63.8 Å². The summed E-state index contributed by atoms with van der Waals surface area (Å²) in [5.74, 6) is 2.07. The van der Waals surface area contributed by atoms with Crippen LogP contribution in [-0.4, -0.2) is 84.1 Å². The molecule has 0 bridgehead atoms. The van der Waals surface area contributed by atoms with Gasteiger partial charge in [-0.05, 0) is 32.0 Å². The van der Waals surface area contributed by atoms with Gasteiger partial charge in [-0.3, -0.25) is 9.78 Å². The molecule has 2 N–H and O–H groups in total. The van der Waals surface area contributed by atoms with Gasteiger partial charge in [-0.15, -0.1) is 0 Å². The Labute approximate surface area is 183 Å². The normalized spacial score (nSPS) is 18.1. The van der Waals surface area contributed by atoms with E-state index < -0.39 is 0 Å². The summed E-state index contributed by atoms with van der Waals surface area (Å²) in [6.07, 6.45) is 3.29. The first-order valence-electron chi connectivity index (χ1n) is 10.9. The first-order chi connectivity index (χ1) is 15.1. The Kier molecular flexibility index (Phi) is 6.76. The van der Waals surface area contributed by atoms with E-state index in [0.29, 0.717) is 18.4 Å². The van der Waals surface area contributed by atoms with E-state index in [1.807, 2.05) is 25.2 Å². The summed E-state index contributed by atoms with van der Waals surface area (Å²) in [4.78, 5) is 37.4. The fraction of sp³-hybridized carbons (Fsp3) is 0.571. The maximum absolute atomic E-state index is 12.6. The molecule has 4 heterocycles. The predicted molar refractivity (Wildman–Crippen MR) is 120 cm³/mol. The molecule has 2 saturated heterocycles. The van der Waals surface area contributed by atoms with Gasteiger partial charge in [0.15, 0.2) is 0 Å². The number of nitrogens with one attached hydrogen (secondary N) is 2. The third-order valence-corrected chi connectivity index (χ3v) is 5.94. The minimum absolute atomic E-state index is 0.00247. The molecule has 2 aliphatic heterocycles. The Morgan fingerprint density at radius 2 is 1.68 bits per heavy atom. The highest BCUT2D eigenvalue weighted by Gasteiger charge is 2.27. The summed E-state index contributed by atoms with van der Waals surface area (Å²) in [6, 6.07) is 5.72. The smallest absolute Gasteiger partial charge is 0.232 e. The lowest BCUT2D eigenvalue weighted by Crippen LogP contribution is -2.45. The molecule has 10 heteroatoms. The number of aromatic nitrogens is 4. The van der Waals surface area contributed by atoms with Crippen LogP contribution < -0.4 is 20.4 Å². The monoisotopic (exact) mass is 425 g/mol. The first-order valence-corrected chi connectivity index (χ1v) is 10.9. The predicted octanol–water partition coefficient (Wildman–Crippen LogP) is 0.593. The molecule has 0 unspecified atom stereocenters. The van der Waals surface area contributed by atoms with Crippen molar-refractivity contribution in [2.45, 2.75) is 19.4 Å². The van der Waals surface area contributed by atoms with E-state index in [1.165, 1.54) is 0 Å². The molecule has 31 heavy (non-hydrogen) atoms. The highest BCUT2D eigenvalue weighted by Crippen LogP contribution is 2.23. The molecule has 0 radical (unpaired) electrons. The minimum atomic E-state index is 0.00247. The molecule has 0 saturated carbocycles. The van der Waals surface area contributed by atoms with Crippen molar-refractivity contribution in [1.29, 1.82) is 0 Å². The second-order valence-corrected chi connectivity index (χ2v) is 8.10. The molecule has 0 atom stereocenters.